The van der Waals surface area contributed by atoms with Gasteiger partial charge in [0, 0.05) is 12.5 Å². The highest BCUT2D eigenvalue weighted by molar-refractivity contribution is 5.25. The lowest BCUT2D eigenvalue weighted by Crippen LogP contribution is -2.16. The lowest BCUT2D eigenvalue weighted by atomic mass is 10.1. The second kappa shape index (κ2) is 8.90. The van der Waals surface area contributed by atoms with Crippen LogP contribution >= 0.6 is 0 Å². The third-order valence-electron chi connectivity index (χ3n) is 3.09. The van der Waals surface area contributed by atoms with Crippen LogP contribution in [0.15, 0.2) is 6.20 Å². The summed E-state index contributed by atoms with van der Waals surface area (Å²) in [5.41, 5.74) is 0.968. The molecular formula is C16H29N3O. The molecule has 0 atom stereocenters. The molecule has 1 aromatic heterocycles. The van der Waals surface area contributed by atoms with Crippen LogP contribution in [0.2, 0.25) is 0 Å². The van der Waals surface area contributed by atoms with E-state index in [1.54, 1.807) is 0 Å². The summed E-state index contributed by atoms with van der Waals surface area (Å²) in [5, 5.41) is 3.31. The molecule has 0 radical (unpaired) electrons. The van der Waals surface area contributed by atoms with Crippen LogP contribution in [-0.2, 0) is 6.54 Å². The summed E-state index contributed by atoms with van der Waals surface area (Å²) in [6.07, 6.45) is 4.09. The van der Waals surface area contributed by atoms with E-state index in [4.69, 9.17) is 4.74 Å². The van der Waals surface area contributed by atoms with Gasteiger partial charge in [0.05, 0.1) is 18.5 Å². The molecule has 0 amide bonds. The van der Waals surface area contributed by atoms with Crippen molar-refractivity contribution in [3.8, 4) is 5.75 Å². The van der Waals surface area contributed by atoms with E-state index in [1.807, 2.05) is 6.20 Å². The fourth-order valence-electron chi connectivity index (χ4n) is 1.86. The molecule has 0 fully saturated rings. The molecule has 0 aliphatic carbocycles. The number of rotatable bonds is 9. The Morgan fingerprint density at radius 2 is 2.00 bits per heavy atom. The summed E-state index contributed by atoms with van der Waals surface area (Å²) in [7, 11) is 0. The third kappa shape index (κ3) is 5.87. The van der Waals surface area contributed by atoms with Crippen LogP contribution in [0.25, 0.3) is 0 Å². The third-order valence-corrected chi connectivity index (χ3v) is 3.09. The molecule has 0 unspecified atom stereocenters. The minimum atomic E-state index is 0.338. The molecule has 0 spiro atoms. The zero-order valence-electron chi connectivity index (χ0n) is 13.6. The van der Waals surface area contributed by atoms with Gasteiger partial charge in [-0.2, -0.15) is 0 Å². The molecule has 0 aliphatic heterocycles. The first kappa shape index (κ1) is 16.9. The van der Waals surface area contributed by atoms with Crippen molar-refractivity contribution in [1.82, 2.24) is 15.3 Å². The van der Waals surface area contributed by atoms with Gasteiger partial charge in [-0.3, -0.25) is 0 Å². The van der Waals surface area contributed by atoms with Crippen molar-refractivity contribution in [1.29, 1.82) is 0 Å². The Bertz CT molecular complexity index is 391. The predicted molar refractivity (Wildman–Crippen MR) is 83.1 cm³/mol. The highest BCUT2D eigenvalue weighted by atomic mass is 16.5. The second-order valence-corrected chi connectivity index (χ2v) is 5.86. The van der Waals surface area contributed by atoms with E-state index in [2.05, 4.69) is 49.9 Å². The van der Waals surface area contributed by atoms with Gasteiger partial charge >= 0.3 is 0 Å². The van der Waals surface area contributed by atoms with Crippen LogP contribution in [0.1, 0.15) is 64.9 Å². The van der Waals surface area contributed by atoms with Crippen molar-refractivity contribution in [3.05, 3.63) is 17.7 Å². The van der Waals surface area contributed by atoms with Crippen LogP contribution in [-0.4, -0.2) is 23.1 Å². The molecule has 1 heterocycles. The largest absolute Gasteiger partial charge is 0.490 e. The first-order valence-electron chi connectivity index (χ1n) is 7.73. The Balaban J connectivity index is 2.67. The lowest BCUT2D eigenvalue weighted by molar-refractivity contribution is 0.291. The van der Waals surface area contributed by atoms with Gasteiger partial charge in [-0.1, -0.05) is 34.6 Å². The monoisotopic (exact) mass is 279 g/mol. The summed E-state index contributed by atoms with van der Waals surface area (Å²) >= 11 is 0. The van der Waals surface area contributed by atoms with E-state index in [0.717, 1.165) is 49.3 Å². The molecule has 1 rings (SSSR count). The van der Waals surface area contributed by atoms with E-state index < -0.39 is 0 Å². The van der Waals surface area contributed by atoms with Gasteiger partial charge in [-0.05, 0) is 25.3 Å². The molecule has 20 heavy (non-hydrogen) atoms. The van der Waals surface area contributed by atoms with Crippen molar-refractivity contribution in [3.63, 3.8) is 0 Å². The van der Waals surface area contributed by atoms with Crippen LogP contribution in [0.3, 0.4) is 0 Å². The summed E-state index contributed by atoms with van der Waals surface area (Å²) in [6.45, 7) is 13.2. The number of hydrogen-bond donors (Lipinski definition) is 1. The van der Waals surface area contributed by atoms with Gasteiger partial charge in [-0.15, -0.1) is 0 Å². The summed E-state index contributed by atoms with van der Waals surface area (Å²) in [4.78, 5) is 9.02. The molecule has 4 heteroatoms. The van der Waals surface area contributed by atoms with E-state index in [0.29, 0.717) is 5.92 Å². The fraction of sp³-hybridized carbons (Fsp3) is 0.750. The molecule has 1 aromatic rings. The van der Waals surface area contributed by atoms with Crippen molar-refractivity contribution in [2.45, 2.75) is 59.9 Å². The Morgan fingerprint density at radius 1 is 1.25 bits per heavy atom. The highest BCUT2D eigenvalue weighted by Crippen LogP contribution is 2.19. The quantitative estimate of drug-likeness (QED) is 0.703. The molecule has 0 aliphatic rings. The van der Waals surface area contributed by atoms with Crippen LogP contribution in [0.4, 0.5) is 0 Å². The minimum Gasteiger partial charge on any atom is -0.490 e. The van der Waals surface area contributed by atoms with Crippen molar-refractivity contribution in [2.24, 2.45) is 5.92 Å². The van der Waals surface area contributed by atoms with Gasteiger partial charge in [-0.25, -0.2) is 9.97 Å². The van der Waals surface area contributed by atoms with E-state index in [1.165, 1.54) is 6.42 Å². The molecule has 114 valence electrons. The smallest absolute Gasteiger partial charge is 0.160 e. The molecule has 1 N–H and O–H groups in total. The zero-order valence-corrected chi connectivity index (χ0v) is 13.6. The van der Waals surface area contributed by atoms with E-state index in [9.17, 15) is 0 Å². The maximum atomic E-state index is 5.85. The topological polar surface area (TPSA) is 47.0 Å². The number of ether oxygens (including phenoxy) is 1. The maximum Gasteiger partial charge on any atom is 0.160 e. The summed E-state index contributed by atoms with van der Waals surface area (Å²) in [6, 6.07) is 0. The van der Waals surface area contributed by atoms with Crippen molar-refractivity contribution in [2.75, 3.05) is 13.2 Å². The van der Waals surface area contributed by atoms with Crippen molar-refractivity contribution < 1.29 is 4.74 Å². The molecule has 0 bridgehead atoms. The first-order valence-corrected chi connectivity index (χ1v) is 7.73. The Kier molecular flexibility index (Phi) is 7.52. The fourth-order valence-corrected chi connectivity index (χ4v) is 1.86. The Morgan fingerprint density at radius 3 is 2.60 bits per heavy atom. The zero-order chi connectivity index (χ0) is 15.0. The minimum absolute atomic E-state index is 0.338. The second-order valence-electron chi connectivity index (χ2n) is 5.86. The average molecular weight is 279 g/mol. The first-order chi connectivity index (χ1) is 9.54. The number of aromatic nitrogens is 2. The number of nitrogens with one attached hydrogen (secondary N) is 1. The van der Waals surface area contributed by atoms with Crippen LogP contribution < -0.4 is 10.1 Å². The van der Waals surface area contributed by atoms with Gasteiger partial charge in [0.1, 0.15) is 5.82 Å². The maximum absolute atomic E-state index is 5.85. The normalized spacial score (nSPS) is 11.3. The van der Waals surface area contributed by atoms with E-state index in [-0.39, 0.29) is 0 Å². The molecule has 0 aromatic carbocycles. The van der Waals surface area contributed by atoms with Crippen LogP contribution in [0, 0.1) is 5.92 Å². The van der Waals surface area contributed by atoms with Crippen molar-refractivity contribution >= 4 is 0 Å². The summed E-state index contributed by atoms with van der Waals surface area (Å²) in [5.74, 6) is 2.76. The van der Waals surface area contributed by atoms with E-state index >= 15 is 0 Å². The molecule has 0 saturated carbocycles. The molecule has 4 nitrogen and oxygen atoms in total. The number of hydrogen-bond acceptors (Lipinski definition) is 4. The Hall–Kier alpha value is -1.16. The van der Waals surface area contributed by atoms with Gasteiger partial charge in [0.15, 0.2) is 5.75 Å². The van der Waals surface area contributed by atoms with Gasteiger partial charge in [0.25, 0.3) is 0 Å². The number of nitrogens with zero attached hydrogens (tertiary/aromatic N) is 2. The SMILES string of the molecule is CCNCc1nc(C(C)C)ncc1OCCCC(C)C. The predicted octanol–water partition coefficient (Wildman–Crippen LogP) is 3.52. The van der Waals surface area contributed by atoms with Gasteiger partial charge < -0.3 is 10.1 Å². The standard InChI is InChI=1S/C16H29N3O/c1-6-17-10-14-15(20-9-7-8-12(2)3)11-18-16(19-14)13(4)5/h11-13,17H,6-10H2,1-5H3. The molecule has 0 saturated heterocycles. The highest BCUT2D eigenvalue weighted by Gasteiger charge is 2.10. The molecular weight excluding hydrogens is 250 g/mol. The Labute approximate surface area is 123 Å². The summed E-state index contributed by atoms with van der Waals surface area (Å²) < 4.78 is 5.85. The van der Waals surface area contributed by atoms with Gasteiger partial charge in [0.2, 0.25) is 0 Å². The average Bonchev–Trinajstić information content (AvgIpc) is 2.41. The van der Waals surface area contributed by atoms with Crippen LogP contribution in [0.5, 0.6) is 5.75 Å². The lowest BCUT2D eigenvalue weighted by Gasteiger charge is -2.13.